The van der Waals surface area contributed by atoms with Crippen LogP contribution in [0, 0.1) is 0 Å². The van der Waals surface area contributed by atoms with Crippen LogP contribution in [0.4, 0.5) is 0 Å². The standard InChI is InChI=1S/C7H17N.C4H12N2.C2H8N2.H4N2/c1-2-3-4-5-6-7-8;1-2-3-4-6-5;1-3-4-2;1-2/h2-8H2,1H3;6H,2-5H2,1H3;3-4H,1-2H3;1-2H2. The summed E-state index contributed by atoms with van der Waals surface area (Å²) >= 11 is 0. The largest absolute Gasteiger partial charge is 0.330 e. The van der Waals surface area contributed by atoms with E-state index in [-0.39, 0.29) is 0 Å². The van der Waals surface area contributed by atoms with Crippen molar-refractivity contribution in [2.45, 2.75) is 58.8 Å². The Morgan fingerprint density at radius 3 is 1.45 bits per heavy atom. The minimum Gasteiger partial charge on any atom is -0.330 e. The average molecular weight is 296 g/mol. The molecule has 0 heterocycles. The molecule has 7 nitrogen and oxygen atoms in total. The van der Waals surface area contributed by atoms with Crippen molar-refractivity contribution in [1.29, 1.82) is 0 Å². The van der Waals surface area contributed by atoms with Gasteiger partial charge in [-0.15, -0.1) is 0 Å². The van der Waals surface area contributed by atoms with Gasteiger partial charge in [-0.05, 0) is 33.5 Å². The Bertz CT molecular complexity index is 92.7. The van der Waals surface area contributed by atoms with Gasteiger partial charge in [0.05, 0.1) is 0 Å². The summed E-state index contributed by atoms with van der Waals surface area (Å²) in [7, 11) is 3.64. The van der Waals surface area contributed by atoms with Gasteiger partial charge in [0.1, 0.15) is 0 Å². The van der Waals surface area contributed by atoms with Gasteiger partial charge in [0.2, 0.25) is 0 Å². The van der Waals surface area contributed by atoms with E-state index in [1.807, 2.05) is 14.1 Å². The summed E-state index contributed by atoms with van der Waals surface area (Å²) in [6, 6.07) is 0. The quantitative estimate of drug-likeness (QED) is 0.185. The maximum atomic E-state index is 5.31. The van der Waals surface area contributed by atoms with Crippen molar-refractivity contribution in [2.24, 2.45) is 23.3 Å². The monoisotopic (exact) mass is 295 g/mol. The molecule has 11 N–H and O–H groups in total. The van der Waals surface area contributed by atoms with Crippen molar-refractivity contribution in [3.05, 3.63) is 0 Å². The van der Waals surface area contributed by atoms with Crippen LogP contribution in [-0.4, -0.2) is 27.2 Å². The number of nitrogens with two attached hydrogens (primary N) is 4. The fourth-order valence-corrected chi connectivity index (χ4v) is 1.03. The van der Waals surface area contributed by atoms with Crippen molar-refractivity contribution >= 4 is 0 Å². The van der Waals surface area contributed by atoms with E-state index < -0.39 is 0 Å². The van der Waals surface area contributed by atoms with Crippen molar-refractivity contribution < 1.29 is 0 Å². The van der Waals surface area contributed by atoms with E-state index in [0.717, 1.165) is 13.1 Å². The van der Waals surface area contributed by atoms with Crippen molar-refractivity contribution in [1.82, 2.24) is 16.3 Å². The number of rotatable bonds is 9. The van der Waals surface area contributed by atoms with Crippen LogP contribution in [0.15, 0.2) is 0 Å². The summed E-state index contributed by atoms with van der Waals surface area (Å²) < 4.78 is 0. The van der Waals surface area contributed by atoms with Gasteiger partial charge in [0.25, 0.3) is 0 Å². The summed E-state index contributed by atoms with van der Waals surface area (Å²) in [5.41, 5.74) is 13.2. The number of unbranched alkanes of at least 4 members (excludes halogenated alkanes) is 5. The summed E-state index contributed by atoms with van der Waals surface area (Å²) in [4.78, 5) is 0. The fraction of sp³-hybridized carbons (Fsp3) is 1.00. The molecule has 0 spiro atoms. The molecule has 20 heavy (non-hydrogen) atoms. The van der Waals surface area contributed by atoms with E-state index in [9.17, 15) is 0 Å². The molecule has 0 radical (unpaired) electrons. The average Bonchev–Trinajstić information content (AvgIpc) is 2.52. The molecule has 0 atom stereocenters. The molecule has 0 aliphatic heterocycles. The molecule has 128 valence electrons. The lowest BCUT2D eigenvalue weighted by Crippen LogP contribution is -2.22. The zero-order chi connectivity index (χ0) is 16.5. The van der Waals surface area contributed by atoms with Gasteiger partial charge < -0.3 is 5.73 Å². The third-order valence-corrected chi connectivity index (χ3v) is 2.23. The second-order valence-corrected chi connectivity index (χ2v) is 4.01. The van der Waals surface area contributed by atoms with Crippen LogP contribution in [0.5, 0.6) is 0 Å². The summed E-state index contributed by atoms with van der Waals surface area (Å²) in [6.45, 7) is 6.17. The third kappa shape index (κ3) is 65.1. The Balaban J connectivity index is -0.0000000947. The molecule has 7 heteroatoms. The smallest absolute Gasteiger partial charge is 0.00973 e. The minimum atomic E-state index is 0.865. The zero-order valence-corrected chi connectivity index (χ0v) is 14.2. The summed E-state index contributed by atoms with van der Waals surface area (Å²) in [5, 5.41) is 0. The third-order valence-electron chi connectivity index (χ3n) is 2.23. The van der Waals surface area contributed by atoms with E-state index in [1.165, 1.54) is 44.9 Å². The maximum absolute atomic E-state index is 5.31. The summed E-state index contributed by atoms with van der Waals surface area (Å²) in [6.07, 6.45) is 8.99. The van der Waals surface area contributed by atoms with Gasteiger partial charge in [-0.2, -0.15) is 0 Å². The molecule has 0 saturated heterocycles. The number of hydrogen-bond donors (Lipinski definition) is 7. The van der Waals surface area contributed by atoms with E-state index >= 15 is 0 Å². The lowest BCUT2D eigenvalue weighted by molar-refractivity contribution is 0.638. The molecule has 0 rings (SSSR count). The molecular weight excluding hydrogens is 254 g/mol. The molecule has 0 aromatic rings. The molecular formula is C13H41N7. The van der Waals surface area contributed by atoms with Gasteiger partial charge in [-0.1, -0.05) is 46.0 Å². The molecule has 0 aromatic carbocycles. The van der Waals surface area contributed by atoms with Crippen LogP contribution in [-0.2, 0) is 0 Å². The van der Waals surface area contributed by atoms with E-state index in [1.54, 1.807) is 0 Å². The highest BCUT2D eigenvalue weighted by Gasteiger charge is 1.83. The lowest BCUT2D eigenvalue weighted by atomic mass is 10.2. The highest BCUT2D eigenvalue weighted by Crippen LogP contribution is 2.00. The van der Waals surface area contributed by atoms with Crippen LogP contribution >= 0.6 is 0 Å². The Kier molecular flexibility index (Phi) is 59.8. The Labute approximate surface area is 126 Å². The van der Waals surface area contributed by atoms with Crippen molar-refractivity contribution in [3.63, 3.8) is 0 Å². The zero-order valence-electron chi connectivity index (χ0n) is 14.2. The Morgan fingerprint density at radius 1 is 0.750 bits per heavy atom. The number of hydrogen-bond acceptors (Lipinski definition) is 7. The highest BCUT2D eigenvalue weighted by atomic mass is 15.3. The molecule has 0 aliphatic carbocycles. The molecule has 0 aliphatic rings. The van der Waals surface area contributed by atoms with Gasteiger partial charge >= 0.3 is 0 Å². The van der Waals surface area contributed by atoms with Gasteiger partial charge in [-0.25, -0.2) is 0 Å². The van der Waals surface area contributed by atoms with Crippen LogP contribution in [0.2, 0.25) is 0 Å². The van der Waals surface area contributed by atoms with Gasteiger partial charge in [-0.3, -0.25) is 33.8 Å². The van der Waals surface area contributed by atoms with Crippen molar-refractivity contribution in [3.8, 4) is 0 Å². The second-order valence-electron chi connectivity index (χ2n) is 4.01. The molecule has 0 saturated carbocycles. The van der Waals surface area contributed by atoms with Crippen molar-refractivity contribution in [2.75, 3.05) is 27.2 Å². The maximum Gasteiger partial charge on any atom is 0.00973 e. The van der Waals surface area contributed by atoms with Crippen LogP contribution in [0.1, 0.15) is 58.8 Å². The molecule has 0 fully saturated rings. The van der Waals surface area contributed by atoms with Gasteiger partial charge in [0.15, 0.2) is 0 Å². The van der Waals surface area contributed by atoms with E-state index in [0.29, 0.717) is 0 Å². The summed E-state index contributed by atoms with van der Waals surface area (Å²) in [5.74, 6) is 13.0. The topological polar surface area (TPSA) is 140 Å². The van der Waals surface area contributed by atoms with Crippen LogP contribution < -0.4 is 39.5 Å². The lowest BCUT2D eigenvalue weighted by Gasteiger charge is -1.93. The normalized spacial score (nSPS) is 8.40. The highest BCUT2D eigenvalue weighted by molar-refractivity contribution is 4.41. The first-order valence-corrected chi connectivity index (χ1v) is 7.55. The second kappa shape index (κ2) is 42.8. The predicted molar refractivity (Wildman–Crippen MR) is 91.4 cm³/mol. The SMILES string of the molecule is CCCCCCCN.CCCCNN.CNNC.NN. The van der Waals surface area contributed by atoms with Crippen LogP contribution in [0.25, 0.3) is 0 Å². The number of nitrogens with one attached hydrogen (secondary N) is 3. The first-order chi connectivity index (χ1) is 9.74. The first kappa shape index (κ1) is 28.0. The molecule has 0 amide bonds. The minimum absolute atomic E-state index is 0.865. The van der Waals surface area contributed by atoms with E-state index in [2.05, 4.69) is 41.8 Å². The Hall–Kier alpha value is -0.280. The fourth-order valence-electron chi connectivity index (χ4n) is 1.03. The van der Waals surface area contributed by atoms with Gasteiger partial charge in [0, 0.05) is 6.54 Å². The first-order valence-electron chi connectivity index (χ1n) is 7.55. The van der Waals surface area contributed by atoms with E-state index in [4.69, 9.17) is 11.6 Å². The Morgan fingerprint density at radius 2 is 1.20 bits per heavy atom. The molecule has 0 bridgehead atoms. The molecule has 0 unspecified atom stereocenters. The predicted octanol–water partition coefficient (Wildman–Crippen LogP) is 0.324. The molecule has 0 aromatic heterocycles. The number of hydrazine groups is 3. The van der Waals surface area contributed by atoms with Crippen LogP contribution in [0.3, 0.4) is 0 Å².